The van der Waals surface area contributed by atoms with Gasteiger partial charge in [0.25, 0.3) is 0 Å². The molecular formula is C16H24O4. The number of hydrogen-bond donors (Lipinski definition) is 0. The van der Waals surface area contributed by atoms with Crippen LogP contribution in [0.2, 0.25) is 0 Å². The second-order valence-electron chi connectivity index (χ2n) is 7.33. The second kappa shape index (κ2) is 4.44. The zero-order chi connectivity index (χ0) is 13.9. The maximum Gasteiger partial charge on any atom is 0.338 e. The first-order valence-corrected chi connectivity index (χ1v) is 8.09. The molecule has 2 aliphatic carbocycles. The number of ether oxygens (including phenoxy) is 3. The first-order chi connectivity index (χ1) is 9.58. The van der Waals surface area contributed by atoms with Gasteiger partial charge >= 0.3 is 5.97 Å². The SMILES string of the molecule is CC1CC2OC2CC1COC(=O)C12CC(CCC1C)O2. The molecule has 0 radical (unpaired) electrons. The maximum atomic E-state index is 12.4. The van der Waals surface area contributed by atoms with E-state index in [-0.39, 0.29) is 5.97 Å². The van der Waals surface area contributed by atoms with E-state index in [1.54, 1.807) is 0 Å². The number of epoxide rings is 1. The summed E-state index contributed by atoms with van der Waals surface area (Å²) < 4.78 is 17.1. The van der Waals surface area contributed by atoms with Crippen LogP contribution in [0.25, 0.3) is 0 Å². The second-order valence-corrected chi connectivity index (χ2v) is 7.33. The highest BCUT2D eigenvalue weighted by molar-refractivity contribution is 5.81. The van der Waals surface area contributed by atoms with Crippen LogP contribution < -0.4 is 0 Å². The molecule has 0 amide bonds. The average molecular weight is 280 g/mol. The van der Waals surface area contributed by atoms with E-state index in [0.29, 0.717) is 42.7 Å². The summed E-state index contributed by atoms with van der Waals surface area (Å²) in [5.41, 5.74) is -0.612. The van der Waals surface area contributed by atoms with Gasteiger partial charge in [0.15, 0.2) is 5.60 Å². The number of fused-ring (bicyclic) bond motifs is 3. The van der Waals surface area contributed by atoms with E-state index in [4.69, 9.17) is 14.2 Å². The average Bonchev–Trinajstić information content (AvgIpc) is 3.12. The van der Waals surface area contributed by atoms with Gasteiger partial charge in [-0.1, -0.05) is 13.8 Å². The Morgan fingerprint density at radius 3 is 2.75 bits per heavy atom. The van der Waals surface area contributed by atoms with Gasteiger partial charge in [0.1, 0.15) is 0 Å². The Kier molecular flexibility index (Phi) is 2.90. The van der Waals surface area contributed by atoms with Crippen molar-refractivity contribution < 1.29 is 19.0 Å². The van der Waals surface area contributed by atoms with Crippen molar-refractivity contribution in [2.75, 3.05) is 6.61 Å². The maximum absolute atomic E-state index is 12.4. The lowest BCUT2D eigenvalue weighted by atomic mass is 9.70. The minimum atomic E-state index is -0.612. The van der Waals surface area contributed by atoms with E-state index in [9.17, 15) is 4.79 Å². The number of esters is 1. The smallest absolute Gasteiger partial charge is 0.338 e. The van der Waals surface area contributed by atoms with Gasteiger partial charge < -0.3 is 14.2 Å². The van der Waals surface area contributed by atoms with Gasteiger partial charge in [-0.2, -0.15) is 0 Å². The summed E-state index contributed by atoms with van der Waals surface area (Å²) >= 11 is 0. The summed E-state index contributed by atoms with van der Waals surface area (Å²) in [6.45, 7) is 4.89. The summed E-state index contributed by atoms with van der Waals surface area (Å²) in [6.07, 6.45) is 6.43. The fourth-order valence-electron chi connectivity index (χ4n) is 4.33. The van der Waals surface area contributed by atoms with E-state index in [1.165, 1.54) is 0 Å². The molecule has 2 bridgehead atoms. The van der Waals surface area contributed by atoms with E-state index in [1.807, 2.05) is 0 Å². The molecule has 5 rings (SSSR count). The van der Waals surface area contributed by atoms with Crippen molar-refractivity contribution >= 4 is 5.97 Å². The molecule has 3 heterocycles. The lowest BCUT2D eigenvalue weighted by Crippen LogP contribution is -2.64. The van der Waals surface area contributed by atoms with Crippen molar-refractivity contribution in [2.24, 2.45) is 17.8 Å². The highest BCUT2D eigenvalue weighted by atomic mass is 16.6. The van der Waals surface area contributed by atoms with Crippen LogP contribution in [0.15, 0.2) is 0 Å². The number of rotatable bonds is 3. The van der Waals surface area contributed by atoms with Crippen molar-refractivity contribution in [3.63, 3.8) is 0 Å². The lowest BCUT2D eigenvalue weighted by Gasteiger charge is -2.53. The molecule has 7 atom stereocenters. The summed E-state index contributed by atoms with van der Waals surface area (Å²) in [6, 6.07) is 0. The van der Waals surface area contributed by atoms with Gasteiger partial charge in [0.2, 0.25) is 0 Å². The predicted octanol–water partition coefficient (Wildman–Crippen LogP) is 2.30. The molecule has 0 spiro atoms. The van der Waals surface area contributed by atoms with Gasteiger partial charge in [-0.25, -0.2) is 4.79 Å². The third kappa shape index (κ3) is 1.92. The summed E-state index contributed by atoms with van der Waals surface area (Å²) in [5.74, 6) is 1.21. The van der Waals surface area contributed by atoms with Crippen molar-refractivity contribution in [1.29, 1.82) is 0 Å². The Morgan fingerprint density at radius 2 is 2.00 bits per heavy atom. The minimum Gasteiger partial charge on any atom is -0.463 e. The molecule has 3 aliphatic heterocycles. The molecule has 5 fully saturated rings. The largest absolute Gasteiger partial charge is 0.463 e. The Bertz CT molecular complexity index is 415. The molecule has 0 aromatic heterocycles. The van der Waals surface area contributed by atoms with Crippen LogP contribution in [0.1, 0.15) is 46.0 Å². The monoisotopic (exact) mass is 280 g/mol. The molecule has 0 N–H and O–H groups in total. The molecule has 112 valence electrons. The fraction of sp³-hybridized carbons (Fsp3) is 0.938. The minimum absolute atomic E-state index is 0.119. The van der Waals surface area contributed by atoms with E-state index < -0.39 is 5.60 Å². The van der Waals surface area contributed by atoms with Crippen LogP contribution in [0.4, 0.5) is 0 Å². The quantitative estimate of drug-likeness (QED) is 0.588. The molecule has 2 saturated carbocycles. The normalized spacial score (nSPS) is 52.7. The molecule has 5 aliphatic rings. The van der Waals surface area contributed by atoms with Crippen molar-refractivity contribution in [3.8, 4) is 0 Å². The predicted molar refractivity (Wildman–Crippen MR) is 72.1 cm³/mol. The van der Waals surface area contributed by atoms with Crippen LogP contribution in [0.3, 0.4) is 0 Å². The van der Waals surface area contributed by atoms with Crippen LogP contribution in [-0.2, 0) is 19.0 Å². The molecule has 20 heavy (non-hydrogen) atoms. The topological polar surface area (TPSA) is 48.1 Å². The first-order valence-electron chi connectivity index (χ1n) is 8.09. The molecule has 7 unspecified atom stereocenters. The van der Waals surface area contributed by atoms with Crippen LogP contribution in [-0.4, -0.2) is 36.5 Å². The third-order valence-electron chi connectivity index (χ3n) is 6.03. The number of carbonyl (C=O) groups excluding carboxylic acids is 1. The fourth-order valence-corrected chi connectivity index (χ4v) is 4.33. The van der Waals surface area contributed by atoms with Crippen molar-refractivity contribution in [1.82, 2.24) is 0 Å². The number of hydrogen-bond acceptors (Lipinski definition) is 4. The van der Waals surface area contributed by atoms with Crippen molar-refractivity contribution in [2.45, 2.75) is 69.9 Å². The molecule has 0 aromatic rings. The third-order valence-corrected chi connectivity index (χ3v) is 6.03. The van der Waals surface area contributed by atoms with Gasteiger partial charge in [0.05, 0.1) is 24.9 Å². The van der Waals surface area contributed by atoms with E-state index in [0.717, 1.165) is 32.1 Å². The van der Waals surface area contributed by atoms with Gasteiger partial charge in [-0.15, -0.1) is 0 Å². The van der Waals surface area contributed by atoms with Gasteiger partial charge in [0, 0.05) is 6.42 Å². The van der Waals surface area contributed by atoms with Crippen molar-refractivity contribution in [3.05, 3.63) is 0 Å². The molecule has 3 saturated heterocycles. The standard InChI is InChI=1S/C16H24O4/c1-9-5-13-14(19-13)6-11(9)8-18-15(17)16-7-12(20-16)4-3-10(16)2/h9-14H,3-8H2,1-2H3. The van der Waals surface area contributed by atoms with Gasteiger partial charge in [-0.05, 0) is 43.4 Å². The molecule has 0 aromatic carbocycles. The lowest BCUT2D eigenvalue weighted by molar-refractivity contribution is -0.265. The summed E-state index contributed by atoms with van der Waals surface area (Å²) in [5, 5.41) is 0. The van der Waals surface area contributed by atoms with Crippen LogP contribution >= 0.6 is 0 Å². The van der Waals surface area contributed by atoms with E-state index >= 15 is 0 Å². The highest BCUT2D eigenvalue weighted by Crippen LogP contribution is 2.49. The molecule has 4 heteroatoms. The molecular weight excluding hydrogens is 256 g/mol. The number of carbonyl (C=O) groups is 1. The van der Waals surface area contributed by atoms with E-state index in [2.05, 4.69) is 13.8 Å². The molecule has 4 nitrogen and oxygen atoms in total. The Labute approximate surface area is 120 Å². The zero-order valence-electron chi connectivity index (χ0n) is 12.3. The zero-order valence-corrected chi connectivity index (χ0v) is 12.3. The summed E-state index contributed by atoms with van der Waals surface area (Å²) in [4.78, 5) is 12.4. The highest BCUT2D eigenvalue weighted by Gasteiger charge is 2.59. The Balaban J connectivity index is 1.34. The Morgan fingerprint density at radius 1 is 1.25 bits per heavy atom. The van der Waals surface area contributed by atoms with Gasteiger partial charge in [-0.3, -0.25) is 0 Å². The first kappa shape index (κ1) is 13.1. The summed E-state index contributed by atoms with van der Waals surface area (Å²) in [7, 11) is 0. The Hall–Kier alpha value is -0.610. The van der Waals surface area contributed by atoms with Crippen LogP contribution in [0, 0.1) is 17.8 Å². The van der Waals surface area contributed by atoms with Crippen LogP contribution in [0.5, 0.6) is 0 Å².